The molecule has 0 atom stereocenters. The number of ether oxygens (including phenoxy) is 1. The van der Waals surface area contributed by atoms with Crippen molar-refractivity contribution in [2.45, 2.75) is 26.9 Å². The monoisotopic (exact) mass is 359 g/mol. The Labute approximate surface area is 153 Å². The molecule has 1 aromatic heterocycles. The summed E-state index contributed by atoms with van der Waals surface area (Å²) in [5.74, 6) is 1.79. The van der Waals surface area contributed by atoms with Gasteiger partial charge in [-0.05, 0) is 35.6 Å². The number of nitro groups is 1. The van der Waals surface area contributed by atoms with Gasteiger partial charge in [0.25, 0.3) is 0 Å². The molecule has 1 heterocycles. The molecule has 8 heteroatoms. The van der Waals surface area contributed by atoms with Crippen molar-refractivity contribution in [3.63, 3.8) is 0 Å². The van der Waals surface area contributed by atoms with Gasteiger partial charge in [-0.1, -0.05) is 19.9 Å². The van der Waals surface area contributed by atoms with Crippen molar-refractivity contribution in [1.82, 2.24) is 14.9 Å². The quantitative estimate of drug-likeness (QED) is 0.416. The lowest BCUT2D eigenvalue weighted by atomic mass is 10.1. The number of nitrogens with zero attached hydrogens (tertiary/aromatic N) is 4. The van der Waals surface area contributed by atoms with Gasteiger partial charge in [-0.15, -0.1) is 0 Å². The van der Waals surface area contributed by atoms with Crippen molar-refractivity contribution < 1.29 is 9.66 Å². The largest absolute Gasteiger partial charge is 0.484 e. The molecule has 0 bridgehead atoms. The number of aromatic nitrogens is 2. The normalized spacial score (nSPS) is 15.8. The summed E-state index contributed by atoms with van der Waals surface area (Å²) in [6.07, 6.45) is 11.4. The molecule has 1 aliphatic rings. The molecule has 0 radical (unpaired) electrons. The number of hydrogen-bond acceptors (Lipinski definition) is 6. The standard InChI is InChI=1S/C18H25N5O3/c1-14(2)11-19-9-4-10-20-15-5-7-16(8-6-15)26-13-17-21-12-18(22(17)3)23(24)25/h4-5,7-8,10,12,14,19H,6,9,11,13H2,1-3H3. The van der Waals surface area contributed by atoms with Crippen molar-refractivity contribution in [3.8, 4) is 0 Å². The summed E-state index contributed by atoms with van der Waals surface area (Å²) in [5.41, 5.74) is 0.949. The minimum Gasteiger partial charge on any atom is -0.484 e. The van der Waals surface area contributed by atoms with E-state index < -0.39 is 4.92 Å². The van der Waals surface area contributed by atoms with Gasteiger partial charge in [0.15, 0.2) is 6.61 Å². The number of allylic oxidation sites excluding steroid dienone is 3. The maximum Gasteiger partial charge on any atom is 0.342 e. The first-order chi connectivity index (χ1) is 12.5. The summed E-state index contributed by atoms with van der Waals surface area (Å²) in [6.45, 7) is 6.31. The minimum atomic E-state index is -0.467. The Morgan fingerprint density at radius 1 is 1.50 bits per heavy atom. The molecule has 140 valence electrons. The molecule has 0 saturated carbocycles. The van der Waals surface area contributed by atoms with E-state index in [2.05, 4.69) is 29.1 Å². The van der Waals surface area contributed by atoms with E-state index in [0.717, 1.165) is 18.8 Å². The molecular weight excluding hydrogens is 334 g/mol. The summed E-state index contributed by atoms with van der Waals surface area (Å²) >= 11 is 0. The zero-order valence-corrected chi connectivity index (χ0v) is 15.4. The smallest absolute Gasteiger partial charge is 0.342 e. The highest BCUT2D eigenvalue weighted by Gasteiger charge is 2.17. The molecule has 0 saturated heterocycles. The molecule has 0 unspecified atom stereocenters. The minimum absolute atomic E-state index is 0.0548. The molecule has 1 N–H and O–H groups in total. The second-order valence-electron chi connectivity index (χ2n) is 6.34. The first kappa shape index (κ1) is 19.6. The summed E-state index contributed by atoms with van der Waals surface area (Å²) < 4.78 is 7.07. The van der Waals surface area contributed by atoms with Crippen LogP contribution in [0.4, 0.5) is 5.82 Å². The van der Waals surface area contributed by atoms with Gasteiger partial charge in [0.2, 0.25) is 5.82 Å². The van der Waals surface area contributed by atoms with Gasteiger partial charge in [-0.2, -0.15) is 0 Å². The lowest BCUT2D eigenvalue weighted by molar-refractivity contribution is -0.391. The summed E-state index contributed by atoms with van der Waals surface area (Å²) in [6, 6.07) is 0. The number of hydrogen-bond donors (Lipinski definition) is 1. The Bertz CT molecular complexity index is 744. The Kier molecular flexibility index (Phi) is 7.28. The molecule has 0 aromatic carbocycles. The van der Waals surface area contributed by atoms with Crippen molar-refractivity contribution in [1.29, 1.82) is 0 Å². The highest BCUT2D eigenvalue weighted by Crippen LogP contribution is 2.16. The lowest BCUT2D eigenvalue weighted by Crippen LogP contribution is -2.19. The molecule has 1 aromatic rings. The number of nitrogens with one attached hydrogen (secondary N) is 1. The highest BCUT2D eigenvalue weighted by molar-refractivity contribution is 5.97. The molecular formula is C18H25N5O3. The van der Waals surface area contributed by atoms with Crippen LogP contribution in [-0.4, -0.2) is 33.3 Å². The third kappa shape index (κ3) is 5.96. The molecule has 8 nitrogen and oxygen atoms in total. The van der Waals surface area contributed by atoms with Crippen molar-refractivity contribution >= 4 is 11.5 Å². The molecule has 0 aliphatic heterocycles. The van der Waals surface area contributed by atoms with Gasteiger partial charge in [0.05, 0.1) is 7.05 Å². The van der Waals surface area contributed by atoms with Crippen LogP contribution in [0.5, 0.6) is 0 Å². The van der Waals surface area contributed by atoms with E-state index in [1.165, 1.54) is 10.8 Å². The molecule has 0 fully saturated rings. The number of rotatable bonds is 9. The van der Waals surface area contributed by atoms with Crippen molar-refractivity contribution in [2.75, 3.05) is 13.1 Å². The van der Waals surface area contributed by atoms with Crippen LogP contribution >= 0.6 is 0 Å². The van der Waals surface area contributed by atoms with Gasteiger partial charge in [-0.3, -0.25) is 4.99 Å². The van der Waals surface area contributed by atoms with Crippen molar-refractivity contribution in [3.05, 3.63) is 58.4 Å². The predicted octanol–water partition coefficient (Wildman–Crippen LogP) is 2.89. The molecule has 2 rings (SSSR count). The average molecular weight is 359 g/mol. The van der Waals surface area contributed by atoms with E-state index in [9.17, 15) is 10.1 Å². The van der Waals surface area contributed by atoms with E-state index in [0.29, 0.717) is 23.9 Å². The van der Waals surface area contributed by atoms with Crippen LogP contribution in [0.3, 0.4) is 0 Å². The first-order valence-electron chi connectivity index (χ1n) is 8.55. The summed E-state index contributed by atoms with van der Waals surface area (Å²) in [4.78, 5) is 18.8. The van der Waals surface area contributed by atoms with Crippen LogP contribution < -0.4 is 5.32 Å². The fourth-order valence-corrected chi connectivity index (χ4v) is 2.27. The second kappa shape index (κ2) is 9.67. The molecule has 1 aliphatic carbocycles. The second-order valence-corrected chi connectivity index (χ2v) is 6.34. The van der Waals surface area contributed by atoms with Gasteiger partial charge >= 0.3 is 5.82 Å². The third-order valence-electron chi connectivity index (χ3n) is 3.73. The van der Waals surface area contributed by atoms with Crippen LogP contribution in [0.25, 0.3) is 0 Å². The van der Waals surface area contributed by atoms with E-state index in [-0.39, 0.29) is 12.4 Å². The zero-order chi connectivity index (χ0) is 18.9. The predicted molar refractivity (Wildman–Crippen MR) is 101 cm³/mol. The van der Waals surface area contributed by atoms with E-state index in [4.69, 9.17) is 4.74 Å². The zero-order valence-electron chi connectivity index (χ0n) is 15.4. The van der Waals surface area contributed by atoms with Gasteiger partial charge in [0, 0.05) is 24.9 Å². The van der Waals surface area contributed by atoms with Crippen LogP contribution in [0.15, 0.2) is 47.5 Å². The topological polar surface area (TPSA) is 94.6 Å². The van der Waals surface area contributed by atoms with E-state index in [1.54, 1.807) is 13.2 Å². The van der Waals surface area contributed by atoms with E-state index in [1.807, 2.05) is 24.3 Å². The number of aliphatic imine (C=N–C) groups is 1. The van der Waals surface area contributed by atoms with Gasteiger partial charge < -0.3 is 20.2 Å². The fourth-order valence-electron chi connectivity index (χ4n) is 2.27. The van der Waals surface area contributed by atoms with Crippen molar-refractivity contribution in [2.24, 2.45) is 18.0 Å². The van der Waals surface area contributed by atoms with Crippen LogP contribution in [0.1, 0.15) is 26.1 Å². The van der Waals surface area contributed by atoms with Crippen LogP contribution in [-0.2, 0) is 18.4 Å². The Hall–Kier alpha value is -2.74. The Morgan fingerprint density at radius 3 is 2.92 bits per heavy atom. The fraction of sp³-hybridized carbons (Fsp3) is 0.444. The highest BCUT2D eigenvalue weighted by atomic mass is 16.6. The molecule has 26 heavy (non-hydrogen) atoms. The van der Waals surface area contributed by atoms with Crippen LogP contribution in [0, 0.1) is 16.0 Å². The maximum absolute atomic E-state index is 10.8. The third-order valence-corrected chi connectivity index (χ3v) is 3.73. The number of imidazole rings is 1. The van der Waals surface area contributed by atoms with E-state index >= 15 is 0 Å². The first-order valence-corrected chi connectivity index (χ1v) is 8.55. The summed E-state index contributed by atoms with van der Waals surface area (Å²) in [7, 11) is 1.60. The Morgan fingerprint density at radius 2 is 2.31 bits per heavy atom. The molecule has 0 spiro atoms. The maximum atomic E-state index is 10.8. The SMILES string of the molecule is CC(C)CNCC=CN=C1C=CC(OCc2ncc([N+](=O)[O-])n2C)=CC1. The van der Waals surface area contributed by atoms with Gasteiger partial charge in [0.1, 0.15) is 12.0 Å². The molecule has 0 amide bonds. The Balaban J connectivity index is 1.77. The lowest BCUT2D eigenvalue weighted by Gasteiger charge is -2.09. The van der Waals surface area contributed by atoms with Crippen LogP contribution in [0.2, 0.25) is 0 Å². The summed E-state index contributed by atoms with van der Waals surface area (Å²) in [5, 5.41) is 14.1. The van der Waals surface area contributed by atoms with Gasteiger partial charge in [-0.25, -0.2) is 9.55 Å². The average Bonchev–Trinajstić information content (AvgIpc) is 2.98.